The average Bonchev–Trinajstić information content (AvgIpc) is 2.39. The second kappa shape index (κ2) is 8.39. The van der Waals surface area contributed by atoms with Crippen LogP contribution in [0.1, 0.15) is 23.0 Å². The SMILES string of the molecule is CCOC(=O)c1cnc(NCCOCCO)nc1C. The molecule has 0 aliphatic rings. The number of aromatic nitrogens is 2. The number of nitrogens with zero attached hydrogens (tertiary/aromatic N) is 2. The summed E-state index contributed by atoms with van der Waals surface area (Å²) in [5.74, 6) is 0.0102. The third kappa shape index (κ3) is 5.19. The summed E-state index contributed by atoms with van der Waals surface area (Å²) in [6.07, 6.45) is 1.44. The highest BCUT2D eigenvalue weighted by Crippen LogP contribution is 2.08. The number of hydrogen-bond donors (Lipinski definition) is 2. The Bertz CT molecular complexity index is 412. The van der Waals surface area contributed by atoms with E-state index in [0.29, 0.717) is 43.6 Å². The highest BCUT2D eigenvalue weighted by Gasteiger charge is 2.12. The molecule has 1 heterocycles. The fourth-order valence-electron chi connectivity index (χ4n) is 1.36. The van der Waals surface area contributed by atoms with Crippen LogP contribution in [-0.2, 0) is 9.47 Å². The molecule has 0 spiro atoms. The molecule has 106 valence electrons. The maximum atomic E-state index is 11.5. The minimum atomic E-state index is -0.419. The zero-order valence-electron chi connectivity index (χ0n) is 11.2. The summed E-state index contributed by atoms with van der Waals surface area (Å²) in [5.41, 5.74) is 0.927. The van der Waals surface area contributed by atoms with E-state index in [9.17, 15) is 4.79 Å². The van der Waals surface area contributed by atoms with Gasteiger partial charge < -0.3 is 19.9 Å². The first-order valence-electron chi connectivity index (χ1n) is 6.12. The molecule has 0 aliphatic heterocycles. The summed E-state index contributed by atoms with van der Waals surface area (Å²) >= 11 is 0. The van der Waals surface area contributed by atoms with Gasteiger partial charge in [-0.15, -0.1) is 0 Å². The molecule has 0 fully saturated rings. The summed E-state index contributed by atoms with van der Waals surface area (Å²) < 4.78 is 9.98. The number of nitrogens with one attached hydrogen (secondary N) is 1. The van der Waals surface area contributed by atoms with Crippen LogP contribution >= 0.6 is 0 Å². The summed E-state index contributed by atoms with van der Waals surface area (Å²) in [6, 6.07) is 0. The van der Waals surface area contributed by atoms with Crippen molar-refractivity contribution < 1.29 is 19.4 Å². The molecule has 0 atom stereocenters. The van der Waals surface area contributed by atoms with Crippen molar-refractivity contribution in [2.24, 2.45) is 0 Å². The average molecular weight is 269 g/mol. The van der Waals surface area contributed by atoms with Crippen molar-refractivity contribution in [2.45, 2.75) is 13.8 Å². The van der Waals surface area contributed by atoms with Crippen molar-refractivity contribution in [3.63, 3.8) is 0 Å². The monoisotopic (exact) mass is 269 g/mol. The molecule has 0 amide bonds. The second-order valence-corrected chi connectivity index (χ2v) is 3.68. The third-order valence-electron chi connectivity index (χ3n) is 2.24. The van der Waals surface area contributed by atoms with Gasteiger partial charge in [0.2, 0.25) is 5.95 Å². The number of rotatable bonds is 8. The number of aliphatic hydroxyl groups is 1. The van der Waals surface area contributed by atoms with Crippen LogP contribution in [0.2, 0.25) is 0 Å². The van der Waals surface area contributed by atoms with Crippen LogP contribution < -0.4 is 5.32 Å². The zero-order chi connectivity index (χ0) is 14.1. The minimum absolute atomic E-state index is 0.00381. The standard InChI is InChI=1S/C12H19N3O4/c1-3-19-11(17)10-8-14-12(15-9(10)2)13-4-6-18-7-5-16/h8,16H,3-7H2,1-2H3,(H,13,14,15). The van der Waals surface area contributed by atoms with Crippen molar-refractivity contribution in [3.05, 3.63) is 17.5 Å². The van der Waals surface area contributed by atoms with Crippen molar-refractivity contribution in [1.82, 2.24) is 9.97 Å². The quantitative estimate of drug-likeness (QED) is 0.520. The molecule has 0 saturated heterocycles. The second-order valence-electron chi connectivity index (χ2n) is 3.68. The van der Waals surface area contributed by atoms with Crippen LogP contribution in [0.25, 0.3) is 0 Å². The molecule has 0 radical (unpaired) electrons. The van der Waals surface area contributed by atoms with Gasteiger partial charge >= 0.3 is 5.97 Å². The molecule has 7 nitrogen and oxygen atoms in total. The molecule has 7 heteroatoms. The summed E-state index contributed by atoms with van der Waals surface area (Å²) in [4.78, 5) is 19.7. The Hall–Kier alpha value is -1.73. The van der Waals surface area contributed by atoms with Crippen LogP contribution in [0, 0.1) is 6.92 Å². The first kappa shape index (κ1) is 15.3. The predicted molar refractivity (Wildman–Crippen MR) is 69.1 cm³/mol. The van der Waals surface area contributed by atoms with Gasteiger partial charge in [0.15, 0.2) is 0 Å². The molecule has 1 rings (SSSR count). The number of aryl methyl sites for hydroxylation is 1. The van der Waals surface area contributed by atoms with Gasteiger partial charge in [-0.05, 0) is 13.8 Å². The van der Waals surface area contributed by atoms with E-state index in [1.165, 1.54) is 6.20 Å². The fourth-order valence-corrected chi connectivity index (χ4v) is 1.36. The number of carbonyl (C=O) groups excluding carboxylic acids is 1. The molecule has 0 bridgehead atoms. The number of hydrogen-bond acceptors (Lipinski definition) is 7. The first-order valence-corrected chi connectivity index (χ1v) is 6.12. The van der Waals surface area contributed by atoms with Crippen molar-refractivity contribution in [3.8, 4) is 0 Å². The molecule has 0 aromatic carbocycles. The lowest BCUT2D eigenvalue weighted by atomic mass is 10.2. The first-order chi connectivity index (χ1) is 9.19. The summed E-state index contributed by atoms with van der Waals surface area (Å²) in [7, 11) is 0. The van der Waals surface area contributed by atoms with Crippen LogP contribution in [0.3, 0.4) is 0 Å². The molecule has 2 N–H and O–H groups in total. The van der Waals surface area contributed by atoms with Gasteiger partial charge in [-0.2, -0.15) is 0 Å². The lowest BCUT2D eigenvalue weighted by molar-refractivity contribution is 0.0524. The van der Waals surface area contributed by atoms with Gasteiger partial charge in [-0.25, -0.2) is 14.8 Å². The normalized spacial score (nSPS) is 10.3. The maximum Gasteiger partial charge on any atom is 0.341 e. The van der Waals surface area contributed by atoms with E-state index < -0.39 is 5.97 Å². The van der Waals surface area contributed by atoms with E-state index in [1.54, 1.807) is 13.8 Å². The molecule has 19 heavy (non-hydrogen) atoms. The Morgan fingerprint density at radius 1 is 1.47 bits per heavy atom. The molecular weight excluding hydrogens is 250 g/mol. The Morgan fingerprint density at radius 2 is 2.26 bits per heavy atom. The van der Waals surface area contributed by atoms with E-state index in [4.69, 9.17) is 14.6 Å². The molecular formula is C12H19N3O4. The minimum Gasteiger partial charge on any atom is -0.462 e. The van der Waals surface area contributed by atoms with Gasteiger partial charge in [-0.3, -0.25) is 0 Å². The number of ether oxygens (including phenoxy) is 2. The summed E-state index contributed by atoms with van der Waals surface area (Å²) in [6.45, 7) is 5.08. The third-order valence-corrected chi connectivity index (χ3v) is 2.24. The smallest absolute Gasteiger partial charge is 0.341 e. The van der Waals surface area contributed by atoms with Gasteiger partial charge in [-0.1, -0.05) is 0 Å². The molecule has 1 aromatic heterocycles. The van der Waals surface area contributed by atoms with Crippen molar-refractivity contribution in [2.75, 3.05) is 38.3 Å². The molecule has 0 unspecified atom stereocenters. The zero-order valence-corrected chi connectivity index (χ0v) is 11.2. The Kier molecular flexibility index (Phi) is 6.76. The fraction of sp³-hybridized carbons (Fsp3) is 0.583. The van der Waals surface area contributed by atoms with Crippen LogP contribution in [0.5, 0.6) is 0 Å². The van der Waals surface area contributed by atoms with E-state index in [1.807, 2.05) is 0 Å². The lowest BCUT2D eigenvalue weighted by Crippen LogP contribution is -2.15. The van der Waals surface area contributed by atoms with Crippen LogP contribution in [0.4, 0.5) is 5.95 Å². The van der Waals surface area contributed by atoms with Gasteiger partial charge in [0.1, 0.15) is 0 Å². The van der Waals surface area contributed by atoms with E-state index in [2.05, 4.69) is 15.3 Å². The van der Waals surface area contributed by atoms with Crippen LogP contribution in [0.15, 0.2) is 6.20 Å². The highest BCUT2D eigenvalue weighted by atomic mass is 16.5. The number of carbonyl (C=O) groups is 1. The predicted octanol–water partition coefficient (Wildman–Crippen LogP) is 0.383. The van der Waals surface area contributed by atoms with Gasteiger partial charge in [0.05, 0.1) is 37.7 Å². The van der Waals surface area contributed by atoms with Gasteiger partial charge in [0.25, 0.3) is 0 Å². The largest absolute Gasteiger partial charge is 0.462 e. The molecule has 0 aliphatic carbocycles. The Morgan fingerprint density at radius 3 is 2.89 bits per heavy atom. The van der Waals surface area contributed by atoms with Crippen molar-refractivity contribution >= 4 is 11.9 Å². The summed E-state index contributed by atoms with van der Waals surface area (Å²) in [5, 5.41) is 11.5. The molecule has 1 aromatic rings. The highest BCUT2D eigenvalue weighted by molar-refractivity contribution is 5.90. The van der Waals surface area contributed by atoms with E-state index in [0.717, 1.165) is 0 Å². The lowest BCUT2D eigenvalue weighted by Gasteiger charge is -2.08. The topological polar surface area (TPSA) is 93.6 Å². The van der Waals surface area contributed by atoms with Crippen LogP contribution in [-0.4, -0.2) is 54.0 Å². The number of aliphatic hydroxyl groups excluding tert-OH is 1. The number of esters is 1. The maximum absolute atomic E-state index is 11.5. The van der Waals surface area contributed by atoms with Gasteiger partial charge in [0, 0.05) is 12.7 Å². The Labute approximate surface area is 112 Å². The van der Waals surface area contributed by atoms with Crippen molar-refractivity contribution in [1.29, 1.82) is 0 Å². The Balaban J connectivity index is 2.49. The van der Waals surface area contributed by atoms with E-state index >= 15 is 0 Å². The molecule has 0 saturated carbocycles. The van der Waals surface area contributed by atoms with E-state index in [-0.39, 0.29) is 6.61 Å². The number of anilines is 1.